The number of aliphatic hydroxyl groups excluding tert-OH is 8. The van der Waals surface area contributed by atoms with E-state index in [1.165, 1.54) is 6.33 Å². The fourth-order valence-corrected chi connectivity index (χ4v) is 21.7. The molecule has 0 aromatic carbocycles. The zero-order valence-corrected chi connectivity index (χ0v) is 49.7. The first-order chi connectivity index (χ1) is 39.9. The third-order valence-corrected chi connectivity index (χ3v) is 26.0. The van der Waals surface area contributed by atoms with Crippen LogP contribution in [-0.2, 0) is 30.9 Å². The summed E-state index contributed by atoms with van der Waals surface area (Å²) in [6.07, 6.45) is 5.61. The molecule has 5 saturated carbocycles. The molecular weight excluding hydrogens is 1080 g/mol. The average molecular weight is 1170 g/mol. The normalized spacial score (nSPS) is 47.4. The maximum absolute atomic E-state index is 15.6. The molecule has 2 aromatic rings. The van der Waals surface area contributed by atoms with E-state index in [-0.39, 0.29) is 43.4 Å². The van der Waals surface area contributed by atoms with Gasteiger partial charge in [-0.05, 0) is 128 Å². The summed E-state index contributed by atoms with van der Waals surface area (Å²) in [7, 11) is 1.83. The number of aliphatic carboxylic acids is 1. The van der Waals surface area contributed by atoms with Gasteiger partial charge in [-0.15, -0.1) is 0 Å². The van der Waals surface area contributed by atoms with Crippen molar-refractivity contribution in [1.29, 1.82) is 0 Å². The number of H-pyrrole nitrogens is 2. The third-order valence-electron chi connectivity index (χ3n) is 26.0. The Morgan fingerprint density at radius 2 is 1.69 bits per heavy atom. The van der Waals surface area contributed by atoms with Gasteiger partial charge in [-0.25, -0.2) is 9.97 Å². The van der Waals surface area contributed by atoms with Crippen molar-refractivity contribution in [1.82, 2.24) is 35.9 Å². The van der Waals surface area contributed by atoms with Crippen molar-refractivity contribution in [2.45, 2.75) is 166 Å². The number of nitrogens with two attached hydrogens (primary N) is 1. The highest BCUT2D eigenvalue weighted by atomic mass is 16.7. The Morgan fingerprint density at radius 3 is 2.37 bits per heavy atom. The van der Waals surface area contributed by atoms with Crippen LogP contribution >= 0.6 is 0 Å². The van der Waals surface area contributed by atoms with Crippen molar-refractivity contribution < 1.29 is 65.0 Å². The van der Waals surface area contributed by atoms with Crippen LogP contribution in [-0.4, -0.2) is 186 Å². The Bertz CT molecular complexity index is 2830. The van der Waals surface area contributed by atoms with Crippen molar-refractivity contribution in [3.8, 4) is 0 Å². The molecule has 12 rings (SSSR count). The second-order valence-corrected chi connectivity index (χ2v) is 29.2. The molecule has 7 aliphatic carbocycles. The number of aromatic amines is 2. The van der Waals surface area contributed by atoms with Crippen molar-refractivity contribution in [2.24, 2.45) is 96.9 Å². The van der Waals surface area contributed by atoms with E-state index < -0.39 is 147 Å². The van der Waals surface area contributed by atoms with Crippen LogP contribution < -0.4 is 27.0 Å². The number of fused-ring (bicyclic) bond motifs is 13. The number of ether oxygens (including phenoxy) is 2. The largest absolute Gasteiger partial charge is 0.481 e. The number of aromatic nitrogens is 4. The number of carbonyl (C=O) groups is 2. The second kappa shape index (κ2) is 21.4. The summed E-state index contributed by atoms with van der Waals surface area (Å²) in [5.41, 5.74) is 1.34. The molecular formula is C62H95N9O13. The Morgan fingerprint density at radius 1 is 0.929 bits per heavy atom. The summed E-state index contributed by atoms with van der Waals surface area (Å²) in [6.45, 7) is 11.8. The first-order valence-corrected chi connectivity index (χ1v) is 31.3. The first kappa shape index (κ1) is 60.4. The SMILES string of the molecule is CNCCNCC(C(N)O)C(O)C1(c2cnc[nH]2)C=CC(C2C(O)C(OC3OCC(O)C(O)C3O)C(C)(CO)C3CCC4(C)C(CC=C5C6CC(C)(CO)CCC6(C(=O)O)C6CNc7nc[nH]c7CC6C54C)C23C)C2C1NC(=O)C21CCCC1. The van der Waals surface area contributed by atoms with Gasteiger partial charge >= 0.3 is 5.97 Å². The quantitative estimate of drug-likeness (QED) is 0.0517. The minimum atomic E-state index is -1.71. The molecule has 25 atom stereocenters. The third kappa shape index (κ3) is 8.19. The number of anilines is 1. The molecule has 2 aromatic heterocycles. The van der Waals surface area contributed by atoms with Gasteiger partial charge in [0.25, 0.3) is 0 Å². The second-order valence-electron chi connectivity index (χ2n) is 29.2. The molecule has 3 aliphatic heterocycles. The maximum Gasteiger partial charge on any atom is 0.310 e. The summed E-state index contributed by atoms with van der Waals surface area (Å²) in [5.74, 6) is -5.01. The number of likely N-dealkylation sites (N-methyl/N-ethyl adjacent to an activating group) is 1. The number of nitrogens with one attached hydrogen (secondary N) is 6. The number of hydrogen-bond donors (Lipinski definition) is 16. The summed E-state index contributed by atoms with van der Waals surface area (Å²) < 4.78 is 12.9. The van der Waals surface area contributed by atoms with Crippen LogP contribution in [0.2, 0.25) is 0 Å². The molecule has 0 bridgehead atoms. The molecule has 22 heteroatoms. The molecule has 5 heterocycles. The van der Waals surface area contributed by atoms with Gasteiger partial charge in [-0.3, -0.25) is 9.59 Å². The zero-order chi connectivity index (χ0) is 59.9. The number of carbonyl (C=O) groups excluding carboxylic acids is 1. The van der Waals surface area contributed by atoms with Crippen LogP contribution in [0.5, 0.6) is 0 Å². The van der Waals surface area contributed by atoms with Crippen LogP contribution in [0.3, 0.4) is 0 Å². The highest BCUT2D eigenvalue weighted by Crippen LogP contribution is 2.80. The number of carboxylic acids is 1. The van der Waals surface area contributed by atoms with Gasteiger partial charge in [-0.1, -0.05) is 71.3 Å². The molecule has 7 fully saturated rings. The minimum Gasteiger partial charge on any atom is -0.481 e. The molecule has 2 saturated heterocycles. The molecule has 0 radical (unpaired) electrons. The van der Waals surface area contributed by atoms with Crippen molar-refractivity contribution in [2.75, 3.05) is 58.4 Å². The van der Waals surface area contributed by atoms with E-state index in [0.717, 1.165) is 24.1 Å². The molecule has 25 unspecified atom stereocenters. The summed E-state index contributed by atoms with van der Waals surface area (Å²) in [5, 5.41) is 121. The van der Waals surface area contributed by atoms with Gasteiger partial charge < -0.3 is 92.4 Å². The van der Waals surface area contributed by atoms with E-state index >= 15 is 4.79 Å². The van der Waals surface area contributed by atoms with Gasteiger partial charge in [0.15, 0.2) is 6.29 Å². The lowest BCUT2D eigenvalue weighted by Gasteiger charge is -2.76. The molecule has 84 heavy (non-hydrogen) atoms. The van der Waals surface area contributed by atoms with Crippen LogP contribution in [0.15, 0.2) is 42.7 Å². The Balaban J connectivity index is 1.08. The summed E-state index contributed by atoms with van der Waals surface area (Å²) in [4.78, 5) is 46.1. The summed E-state index contributed by atoms with van der Waals surface area (Å²) in [6, 6.07) is -0.852. The van der Waals surface area contributed by atoms with Gasteiger partial charge in [0.1, 0.15) is 30.4 Å². The Hall–Kier alpha value is -3.88. The smallest absolute Gasteiger partial charge is 0.310 e. The number of aliphatic hydroxyl groups is 8. The summed E-state index contributed by atoms with van der Waals surface area (Å²) >= 11 is 0. The van der Waals surface area contributed by atoms with E-state index in [1.54, 1.807) is 12.5 Å². The number of rotatable bonds is 15. The highest BCUT2D eigenvalue weighted by molar-refractivity contribution is 5.87. The lowest BCUT2D eigenvalue weighted by molar-refractivity contribution is -0.344. The molecule has 1 spiro atoms. The number of allylic oxidation sites excluding steroid dienone is 3. The van der Waals surface area contributed by atoms with Crippen LogP contribution in [0.4, 0.5) is 5.82 Å². The molecule has 17 N–H and O–H groups in total. The van der Waals surface area contributed by atoms with Crippen molar-refractivity contribution in [3.05, 3.63) is 54.0 Å². The monoisotopic (exact) mass is 1170 g/mol. The minimum absolute atomic E-state index is 0.0791. The van der Waals surface area contributed by atoms with Gasteiger partial charge in [0.05, 0.1) is 72.2 Å². The van der Waals surface area contributed by atoms with E-state index in [0.29, 0.717) is 88.9 Å². The molecule has 1 amide bonds. The molecule has 22 nitrogen and oxygen atoms in total. The van der Waals surface area contributed by atoms with Crippen molar-refractivity contribution in [3.63, 3.8) is 0 Å². The van der Waals surface area contributed by atoms with E-state index in [9.17, 15) is 50.8 Å². The first-order valence-electron chi connectivity index (χ1n) is 31.3. The zero-order valence-electron chi connectivity index (χ0n) is 49.7. The Kier molecular flexibility index (Phi) is 15.4. The lowest BCUT2D eigenvalue weighted by Crippen LogP contribution is -2.75. The number of amides is 1. The molecule has 466 valence electrons. The topological polar surface area (TPSA) is 366 Å². The average Bonchev–Trinajstić information content (AvgIpc) is 0.959. The van der Waals surface area contributed by atoms with Crippen LogP contribution in [0.25, 0.3) is 0 Å². The number of carboxylic acid groups (broad SMARTS) is 1. The predicted molar refractivity (Wildman–Crippen MR) is 307 cm³/mol. The highest BCUT2D eigenvalue weighted by Gasteiger charge is 2.79. The molecule has 10 aliphatic rings. The predicted octanol–water partition coefficient (Wildman–Crippen LogP) is 1.27. The maximum atomic E-state index is 15.6. The number of imidazole rings is 2. The fraction of sp³-hybridized carbons (Fsp3) is 0.806. The standard InChI is InChI=1S/C62H95N9O13/c1-55(27-72)17-18-61(54(81)82)35(22-55)33-9-10-40-57(3,59(33,5)34-21-37-51(70-30-68-37)67-24-36(34)61)15-12-39-56(2,28-73)49(84-52-46(77)44(75)38(74)26-83-52)45(76)42(58(39,40)4)31-11-16-62(41-25-66-29-69-41,48(78)32(50(63)79)23-65-20-19-64-6)47-43(31)60(53(80)71-47)13-7-8-14-60/h9,11,16,25,29-32,34-36,38-40,42-50,52,64-65,67,72-79H,7-8,10,12-15,17-24,26-28,63H2,1-6H3,(H,66,69)(H,68,70)(H,71,80)(H,81,82). The van der Waals surface area contributed by atoms with Crippen LogP contribution in [0.1, 0.15) is 110 Å². The number of hydrogen-bond acceptors (Lipinski definition) is 18. The van der Waals surface area contributed by atoms with Gasteiger partial charge in [-0.2, -0.15) is 0 Å². The van der Waals surface area contributed by atoms with Crippen molar-refractivity contribution >= 4 is 17.7 Å². The van der Waals surface area contributed by atoms with E-state index in [1.807, 2.05) is 20.0 Å². The number of nitrogens with zero attached hydrogens (tertiary/aromatic N) is 2. The lowest BCUT2D eigenvalue weighted by atomic mass is 9.28. The van der Waals surface area contributed by atoms with Crippen LogP contribution in [0, 0.1) is 91.2 Å². The van der Waals surface area contributed by atoms with Gasteiger partial charge in [0.2, 0.25) is 5.91 Å². The van der Waals surface area contributed by atoms with Gasteiger partial charge in [0, 0.05) is 61.9 Å². The Labute approximate surface area is 492 Å². The van der Waals surface area contributed by atoms with E-state index in [4.69, 9.17) is 20.2 Å². The van der Waals surface area contributed by atoms with E-state index in [2.05, 4.69) is 76.1 Å². The fourth-order valence-electron chi connectivity index (χ4n) is 21.7.